The summed E-state index contributed by atoms with van der Waals surface area (Å²) < 4.78 is 1.63. The van der Waals surface area contributed by atoms with Crippen molar-refractivity contribution in [2.24, 2.45) is 0 Å². The molecule has 0 bridgehead atoms. The van der Waals surface area contributed by atoms with Crippen LogP contribution in [0.25, 0.3) is 16.9 Å². The van der Waals surface area contributed by atoms with E-state index in [2.05, 4.69) is 114 Å². The first-order valence-corrected chi connectivity index (χ1v) is 39.4. The summed E-state index contributed by atoms with van der Waals surface area (Å²) in [7, 11) is 0. The summed E-state index contributed by atoms with van der Waals surface area (Å²) in [4.78, 5) is 0. The molecule has 0 N–H and O–H groups in total. The Bertz CT molecular complexity index is 1930. The van der Waals surface area contributed by atoms with Gasteiger partial charge < -0.3 is 5.53 Å². The van der Waals surface area contributed by atoms with Crippen LogP contribution in [0.1, 0.15) is 398 Å². The fraction of sp³-hybridized carbons (Fsp3) is 0.756. The van der Waals surface area contributed by atoms with E-state index in [1.807, 2.05) is 14.4 Å². The molecule has 2 aromatic carbocycles. The third kappa shape index (κ3) is 41.4. The first-order valence-electron chi connectivity index (χ1n) is 38.0. The van der Waals surface area contributed by atoms with Crippen molar-refractivity contribution in [2.45, 2.75) is 399 Å². The predicted octanol–water partition coefficient (Wildman–Crippen LogP) is 29.4. The maximum absolute atomic E-state index is 12.5. The zero-order chi connectivity index (χ0) is 61.0. The second-order valence-corrected chi connectivity index (χ2v) is 27.4. The van der Waals surface area contributed by atoms with Crippen LogP contribution in [0.5, 0.6) is 0 Å². The summed E-state index contributed by atoms with van der Waals surface area (Å²) in [5, 5.41) is 2.78. The van der Waals surface area contributed by atoms with Crippen LogP contribution in [0, 0.1) is 0 Å². The van der Waals surface area contributed by atoms with Crippen LogP contribution in [0.15, 0.2) is 84.0 Å². The normalized spacial score (nSPS) is 12.8. The molecule has 0 aromatic heterocycles. The van der Waals surface area contributed by atoms with Gasteiger partial charge in [0.1, 0.15) is 0 Å². The Morgan fingerprint density at radius 3 is 0.882 bits per heavy atom. The third-order valence-corrected chi connectivity index (χ3v) is 19.5. The van der Waals surface area contributed by atoms with Gasteiger partial charge >= 0.3 is 64.8 Å². The molecule has 0 saturated carbocycles. The van der Waals surface area contributed by atoms with Crippen LogP contribution in [0.4, 0.5) is 0 Å². The van der Waals surface area contributed by atoms with Crippen LogP contribution in [-0.4, -0.2) is 4.70 Å². The van der Waals surface area contributed by atoms with Crippen molar-refractivity contribution in [1.29, 1.82) is 0 Å². The average Bonchev–Trinajstić information content (AvgIpc) is 1.93. The number of nitrogens with zero attached hydrogens (tertiary/aromatic N) is 2. The molecular weight excluding hydrogens is 1070 g/mol. The summed E-state index contributed by atoms with van der Waals surface area (Å²) in [6.07, 6.45) is 82.7. The first kappa shape index (κ1) is 78.6. The molecule has 0 unspecified atom stereocenters. The predicted molar refractivity (Wildman–Crippen MR) is 380 cm³/mol. The molecule has 1 aliphatic rings. The number of aryl methyl sites for hydroxylation is 2. The molecule has 0 radical (unpaired) electrons. The van der Waals surface area contributed by atoms with Crippen LogP contribution in [0.2, 0.25) is 10.8 Å². The second kappa shape index (κ2) is 60.4. The molecule has 3 rings (SSSR count). The summed E-state index contributed by atoms with van der Waals surface area (Å²) >= 11 is 1.94. The van der Waals surface area contributed by atoms with Gasteiger partial charge in [-0.2, -0.15) is 0 Å². The standard InChI is InChI=1S/C74H124N2.2C4H9.Ni/c1-5-9-12-15-18-20-22-24-26-28-30-32-34-36-38-40-42-44-46-48-50-53-60-67-62-56-58-64-70(67)73-69(8-4)72(66-55-52-17-14-11-7-3)74(76(73)75)71-65-59-57-63-68(71)61-54-51-49-47-45-43-41-39-37-35-33-31-29-27-25-23-21-19-16-13-10-6-2;2*1-3-4-2;/h48-51,56-59,62-65H,5-47,52-55,60-61,66H2,1-4H3;2*1,3-4H2,2H3;. The number of benzene rings is 2. The van der Waals surface area contributed by atoms with E-state index in [0.29, 0.717) is 0 Å². The minimum atomic E-state index is 0.916. The minimum absolute atomic E-state index is 0.916. The van der Waals surface area contributed by atoms with Crippen molar-refractivity contribution < 1.29 is 19.1 Å². The fourth-order valence-electron chi connectivity index (χ4n) is 12.6. The summed E-state index contributed by atoms with van der Waals surface area (Å²) in [5.41, 5.74) is 22.4. The van der Waals surface area contributed by atoms with Gasteiger partial charge in [-0.05, 0) is 93.9 Å². The van der Waals surface area contributed by atoms with E-state index in [0.717, 1.165) is 49.9 Å². The van der Waals surface area contributed by atoms with E-state index in [-0.39, 0.29) is 0 Å². The van der Waals surface area contributed by atoms with Crippen LogP contribution in [-0.2, 0) is 27.3 Å². The molecule has 2 nitrogen and oxygen atoms in total. The number of rotatable bonds is 60. The van der Waals surface area contributed by atoms with E-state index in [4.69, 9.17) is 0 Å². The summed E-state index contributed by atoms with van der Waals surface area (Å²) in [5.74, 6) is 0. The van der Waals surface area contributed by atoms with E-state index in [9.17, 15) is 5.53 Å². The third-order valence-electron chi connectivity index (χ3n) is 18.1. The van der Waals surface area contributed by atoms with Crippen molar-refractivity contribution >= 4 is 11.4 Å². The molecule has 0 aliphatic carbocycles. The van der Waals surface area contributed by atoms with Gasteiger partial charge in [0.15, 0.2) is 0 Å². The second-order valence-electron chi connectivity index (χ2n) is 26.0. The Morgan fingerprint density at radius 2 is 0.565 bits per heavy atom. The van der Waals surface area contributed by atoms with Crippen molar-refractivity contribution in [1.82, 2.24) is 0 Å². The quantitative estimate of drug-likeness (QED) is 0.0273. The number of allylic oxidation sites excluding steroid dienone is 6. The summed E-state index contributed by atoms with van der Waals surface area (Å²) in [6, 6.07) is 17.9. The number of hydrogen-bond donors (Lipinski definition) is 0. The van der Waals surface area contributed by atoms with Gasteiger partial charge in [-0.25, -0.2) is 4.70 Å². The summed E-state index contributed by atoms with van der Waals surface area (Å²) in [6.45, 7) is 13.7. The molecule has 0 saturated heterocycles. The molecule has 2 aromatic rings. The molecule has 1 aliphatic heterocycles. The molecule has 0 atom stereocenters. The zero-order valence-electron chi connectivity index (χ0n) is 57.7. The molecule has 3 heteroatoms. The molecule has 0 amide bonds. The van der Waals surface area contributed by atoms with Gasteiger partial charge in [-0.3, -0.25) is 0 Å². The van der Waals surface area contributed by atoms with Gasteiger partial charge in [0.2, 0.25) is 11.4 Å². The molecular formula is C82H142N2Ni. The Labute approximate surface area is 538 Å². The Balaban J connectivity index is 0.00000251. The van der Waals surface area contributed by atoms with E-state index in [1.165, 1.54) is 352 Å². The molecule has 0 fully saturated rings. The van der Waals surface area contributed by atoms with Crippen LogP contribution >= 0.6 is 0 Å². The van der Waals surface area contributed by atoms with Crippen LogP contribution in [0.3, 0.4) is 0 Å². The van der Waals surface area contributed by atoms with E-state index in [1.54, 1.807) is 4.70 Å². The van der Waals surface area contributed by atoms with E-state index < -0.39 is 0 Å². The van der Waals surface area contributed by atoms with Crippen molar-refractivity contribution in [3.63, 3.8) is 0 Å². The Kier molecular flexibility index (Phi) is 55.9. The number of unbranched alkanes of at least 4 members (excludes halogenated alkanes) is 43. The van der Waals surface area contributed by atoms with Crippen molar-refractivity contribution in [2.75, 3.05) is 0 Å². The molecule has 490 valence electrons. The fourth-order valence-corrected chi connectivity index (χ4v) is 14.1. The van der Waals surface area contributed by atoms with Crippen molar-refractivity contribution in [3.05, 3.63) is 112 Å². The molecule has 0 spiro atoms. The maximum atomic E-state index is 12.5. The average molecular weight is 1210 g/mol. The topological polar surface area (TPSA) is 25.3 Å². The Morgan fingerprint density at radius 1 is 0.294 bits per heavy atom. The molecule has 1 heterocycles. The van der Waals surface area contributed by atoms with Gasteiger partial charge in [-0.1, -0.05) is 339 Å². The van der Waals surface area contributed by atoms with E-state index >= 15 is 0 Å². The van der Waals surface area contributed by atoms with Gasteiger partial charge in [0.25, 0.3) is 0 Å². The van der Waals surface area contributed by atoms with Gasteiger partial charge in [-0.15, -0.1) is 0 Å². The SMILES string of the molecule is CCCCCCCCCCCCCCCCCCCCC=CCCc1ccccc1C1=C(CC)C(CCCCCCCC)=C(c2ccccc2CCC=CCCCCCCCCCCCCCCCCCCCC)[N+]1=[N-].CCC[CH2][Ni][CH2]CCC. The molecule has 85 heavy (non-hydrogen) atoms. The van der Waals surface area contributed by atoms with Gasteiger partial charge in [0, 0.05) is 22.3 Å². The monoisotopic (exact) mass is 1210 g/mol. The van der Waals surface area contributed by atoms with Crippen LogP contribution < -0.4 is 0 Å². The zero-order valence-corrected chi connectivity index (χ0v) is 58.7. The van der Waals surface area contributed by atoms with Gasteiger partial charge in [0.05, 0.1) is 0 Å². The Hall–Kier alpha value is -2.51. The first-order chi connectivity index (χ1) is 42.1. The number of hydrogen-bond acceptors (Lipinski definition) is 0. The van der Waals surface area contributed by atoms with Crippen molar-refractivity contribution in [3.8, 4) is 0 Å².